The summed E-state index contributed by atoms with van der Waals surface area (Å²) in [5, 5.41) is 7.33. The molecule has 0 saturated heterocycles. The van der Waals surface area contributed by atoms with Crippen LogP contribution in [0.4, 0.5) is 5.13 Å². The molecule has 0 aliphatic rings. The van der Waals surface area contributed by atoms with E-state index in [9.17, 15) is 9.59 Å². The number of carbonyl (C=O) groups is 2. The van der Waals surface area contributed by atoms with Gasteiger partial charge in [0.1, 0.15) is 0 Å². The number of likely N-dealkylation sites (N-methyl/N-ethyl adjacent to an activating group) is 1. The van der Waals surface area contributed by atoms with Crippen LogP contribution in [0.1, 0.15) is 6.92 Å². The molecule has 2 N–H and O–H groups in total. The molecule has 1 heterocycles. The second kappa shape index (κ2) is 5.92. The number of hydrogen-bond acceptors (Lipinski definition) is 4. The van der Waals surface area contributed by atoms with E-state index in [1.165, 1.54) is 23.5 Å². The van der Waals surface area contributed by atoms with E-state index >= 15 is 0 Å². The first-order valence-corrected chi connectivity index (χ1v) is 5.26. The minimum Gasteiger partial charge on any atom is -0.353 e. The van der Waals surface area contributed by atoms with Gasteiger partial charge in [0.2, 0.25) is 11.8 Å². The molecule has 0 atom stereocenters. The predicted molar refractivity (Wildman–Crippen MR) is 58.6 cm³/mol. The minimum absolute atomic E-state index is 0.285. The number of aromatic nitrogens is 1. The van der Waals surface area contributed by atoms with Gasteiger partial charge in [0, 0.05) is 30.3 Å². The molecule has 0 fully saturated rings. The van der Waals surface area contributed by atoms with E-state index in [0.29, 0.717) is 11.7 Å². The van der Waals surface area contributed by atoms with E-state index in [2.05, 4.69) is 15.6 Å². The summed E-state index contributed by atoms with van der Waals surface area (Å²) in [6.45, 7) is 2.35. The monoisotopic (exact) mass is 225 g/mol. The lowest BCUT2D eigenvalue weighted by Gasteiger charge is -1.96. The molecule has 6 heteroatoms. The first-order chi connectivity index (χ1) is 7.22. The molecular weight excluding hydrogens is 214 g/mol. The summed E-state index contributed by atoms with van der Waals surface area (Å²) in [5.41, 5.74) is 0. The molecule has 0 unspecified atom stereocenters. The van der Waals surface area contributed by atoms with Crippen molar-refractivity contribution in [2.24, 2.45) is 0 Å². The molecule has 1 aromatic heterocycles. The van der Waals surface area contributed by atoms with Crippen molar-refractivity contribution in [2.75, 3.05) is 11.9 Å². The summed E-state index contributed by atoms with van der Waals surface area (Å²) in [6.07, 6.45) is 3.95. The molecule has 80 valence electrons. The van der Waals surface area contributed by atoms with E-state index in [1.807, 2.05) is 0 Å². The fourth-order valence-electron chi connectivity index (χ4n) is 0.817. The molecule has 1 aromatic rings. The topological polar surface area (TPSA) is 71.1 Å². The summed E-state index contributed by atoms with van der Waals surface area (Å²) in [6, 6.07) is 0. The van der Waals surface area contributed by atoms with Gasteiger partial charge in [-0.05, 0) is 6.92 Å². The van der Waals surface area contributed by atoms with Crippen molar-refractivity contribution in [1.82, 2.24) is 10.3 Å². The van der Waals surface area contributed by atoms with Crippen molar-refractivity contribution >= 4 is 28.3 Å². The Morgan fingerprint density at radius 2 is 2.20 bits per heavy atom. The lowest BCUT2D eigenvalue weighted by Crippen LogP contribution is -2.20. The predicted octanol–water partition coefficient (Wildman–Crippen LogP) is 0.774. The van der Waals surface area contributed by atoms with Crippen molar-refractivity contribution in [3.05, 3.63) is 23.7 Å². The fraction of sp³-hybridized carbons (Fsp3) is 0.222. The van der Waals surface area contributed by atoms with Gasteiger partial charge in [-0.2, -0.15) is 0 Å². The van der Waals surface area contributed by atoms with Crippen LogP contribution in [0, 0.1) is 0 Å². The maximum absolute atomic E-state index is 11.2. The van der Waals surface area contributed by atoms with Crippen molar-refractivity contribution < 1.29 is 9.59 Å². The number of carbonyl (C=O) groups excluding carboxylic acids is 2. The van der Waals surface area contributed by atoms with E-state index in [-0.39, 0.29) is 11.8 Å². The minimum atomic E-state index is -0.365. The summed E-state index contributed by atoms with van der Waals surface area (Å²) in [5.74, 6) is -0.650. The van der Waals surface area contributed by atoms with Gasteiger partial charge in [0.15, 0.2) is 5.13 Å². The Balaban J connectivity index is 2.39. The Hall–Kier alpha value is -1.69. The first-order valence-electron chi connectivity index (χ1n) is 4.38. The highest BCUT2D eigenvalue weighted by atomic mass is 32.1. The highest BCUT2D eigenvalue weighted by molar-refractivity contribution is 7.13. The first kappa shape index (κ1) is 11.4. The van der Waals surface area contributed by atoms with Gasteiger partial charge in [-0.3, -0.25) is 14.9 Å². The van der Waals surface area contributed by atoms with Gasteiger partial charge in [-0.25, -0.2) is 4.98 Å². The second-order valence-electron chi connectivity index (χ2n) is 2.55. The molecule has 0 aromatic carbocycles. The number of hydrogen-bond donors (Lipinski definition) is 2. The van der Waals surface area contributed by atoms with E-state index in [4.69, 9.17) is 0 Å². The zero-order valence-electron chi connectivity index (χ0n) is 8.19. The number of nitrogens with zero attached hydrogens (tertiary/aromatic N) is 1. The molecule has 0 bridgehead atoms. The SMILES string of the molecule is CCNC(=O)/C=C/C(=O)Nc1nccs1. The average molecular weight is 225 g/mol. The molecule has 5 nitrogen and oxygen atoms in total. The van der Waals surface area contributed by atoms with Crippen LogP contribution >= 0.6 is 11.3 Å². The van der Waals surface area contributed by atoms with Crippen LogP contribution in [0.5, 0.6) is 0 Å². The molecule has 0 aliphatic heterocycles. The maximum Gasteiger partial charge on any atom is 0.250 e. The van der Waals surface area contributed by atoms with Crippen molar-refractivity contribution in [2.45, 2.75) is 6.92 Å². The Labute approximate surface area is 91.2 Å². The van der Waals surface area contributed by atoms with Gasteiger partial charge in [-0.1, -0.05) is 0 Å². The smallest absolute Gasteiger partial charge is 0.250 e. The summed E-state index contributed by atoms with van der Waals surface area (Å²) in [4.78, 5) is 26.0. The highest BCUT2D eigenvalue weighted by Crippen LogP contribution is 2.09. The molecule has 1 rings (SSSR count). The number of amides is 2. The zero-order chi connectivity index (χ0) is 11.1. The zero-order valence-corrected chi connectivity index (χ0v) is 9.00. The van der Waals surface area contributed by atoms with E-state index in [0.717, 1.165) is 0 Å². The standard InChI is InChI=1S/C9H11N3O2S/c1-2-10-7(13)3-4-8(14)12-9-11-5-6-15-9/h3-6H,2H2,1H3,(H,10,13)(H,11,12,14)/b4-3+. The van der Waals surface area contributed by atoms with E-state index in [1.54, 1.807) is 18.5 Å². The molecule has 0 saturated carbocycles. The lowest BCUT2D eigenvalue weighted by molar-refractivity contribution is -0.117. The van der Waals surface area contributed by atoms with Crippen molar-refractivity contribution in [1.29, 1.82) is 0 Å². The fourth-order valence-corrected chi connectivity index (χ4v) is 1.35. The third-order valence-corrected chi connectivity index (χ3v) is 2.09. The van der Waals surface area contributed by atoms with Crippen LogP contribution in [-0.2, 0) is 9.59 Å². The summed E-state index contributed by atoms with van der Waals surface area (Å²) < 4.78 is 0. The van der Waals surface area contributed by atoms with Crippen molar-refractivity contribution in [3.63, 3.8) is 0 Å². The van der Waals surface area contributed by atoms with Crippen LogP contribution in [0.15, 0.2) is 23.7 Å². The van der Waals surface area contributed by atoms with Crippen molar-refractivity contribution in [3.8, 4) is 0 Å². The second-order valence-corrected chi connectivity index (χ2v) is 3.45. The number of rotatable bonds is 4. The highest BCUT2D eigenvalue weighted by Gasteiger charge is 2.00. The third kappa shape index (κ3) is 4.37. The molecule has 2 amide bonds. The normalized spacial score (nSPS) is 10.2. The van der Waals surface area contributed by atoms with Crippen LogP contribution in [0.3, 0.4) is 0 Å². The quantitative estimate of drug-likeness (QED) is 0.744. The van der Waals surface area contributed by atoms with Crippen LogP contribution < -0.4 is 10.6 Å². The Bertz CT molecular complexity index is 359. The average Bonchev–Trinajstić information content (AvgIpc) is 2.68. The van der Waals surface area contributed by atoms with Crippen LogP contribution in [0.25, 0.3) is 0 Å². The van der Waals surface area contributed by atoms with Crippen LogP contribution in [-0.4, -0.2) is 23.3 Å². The van der Waals surface area contributed by atoms with E-state index < -0.39 is 0 Å². The Morgan fingerprint density at radius 3 is 2.80 bits per heavy atom. The molecule has 0 spiro atoms. The Morgan fingerprint density at radius 1 is 1.47 bits per heavy atom. The summed E-state index contributed by atoms with van der Waals surface area (Å²) >= 11 is 1.32. The third-order valence-electron chi connectivity index (χ3n) is 1.40. The molecule has 0 aliphatic carbocycles. The molecular formula is C9H11N3O2S. The number of nitrogens with one attached hydrogen (secondary N) is 2. The largest absolute Gasteiger partial charge is 0.353 e. The van der Waals surface area contributed by atoms with Gasteiger partial charge in [-0.15, -0.1) is 11.3 Å². The van der Waals surface area contributed by atoms with Crippen LogP contribution in [0.2, 0.25) is 0 Å². The molecule has 0 radical (unpaired) electrons. The number of anilines is 1. The van der Waals surface area contributed by atoms with Gasteiger partial charge < -0.3 is 5.32 Å². The number of thiazole rings is 1. The summed E-state index contributed by atoms with van der Waals surface area (Å²) in [7, 11) is 0. The lowest BCUT2D eigenvalue weighted by atomic mass is 10.4. The molecule has 15 heavy (non-hydrogen) atoms. The van der Waals surface area contributed by atoms with Gasteiger partial charge in [0.25, 0.3) is 0 Å². The van der Waals surface area contributed by atoms with Gasteiger partial charge >= 0.3 is 0 Å². The maximum atomic E-state index is 11.2. The van der Waals surface area contributed by atoms with Gasteiger partial charge in [0.05, 0.1) is 0 Å². The Kier molecular flexibility index (Phi) is 4.49.